The van der Waals surface area contributed by atoms with Crippen LogP contribution >= 0.6 is 11.3 Å². The van der Waals surface area contributed by atoms with E-state index in [-0.39, 0.29) is 5.76 Å². The second-order valence-corrected chi connectivity index (χ2v) is 5.94. The lowest BCUT2D eigenvalue weighted by Crippen LogP contribution is -2.14. The molecule has 0 aromatic carbocycles. The van der Waals surface area contributed by atoms with Gasteiger partial charge >= 0.3 is 5.97 Å². The molecule has 1 N–H and O–H groups in total. The van der Waals surface area contributed by atoms with Crippen LogP contribution in [0.1, 0.15) is 43.5 Å². The lowest BCUT2D eigenvalue weighted by molar-refractivity contribution is 0.0601. The Balaban J connectivity index is 1.92. The van der Waals surface area contributed by atoms with Crippen molar-refractivity contribution in [3.63, 3.8) is 0 Å². The molecule has 0 saturated heterocycles. The van der Waals surface area contributed by atoms with Crippen molar-refractivity contribution >= 4 is 28.2 Å². The number of carbonyl (C=O) groups is 2. The Bertz CT molecular complexity index is 717. The molecule has 0 unspecified atom stereocenters. The smallest absolute Gasteiger partial charge is 0.341 e. The summed E-state index contributed by atoms with van der Waals surface area (Å²) < 4.78 is 9.76. The van der Waals surface area contributed by atoms with Gasteiger partial charge in [0.2, 0.25) is 5.76 Å². The van der Waals surface area contributed by atoms with Gasteiger partial charge in [-0.05, 0) is 31.7 Å². The number of aryl methyl sites for hydroxylation is 2. The predicted octanol–water partition coefficient (Wildman–Crippen LogP) is 2.57. The number of methoxy groups -OCH3 is 1. The Morgan fingerprint density at radius 1 is 1.43 bits per heavy atom. The van der Waals surface area contributed by atoms with Crippen LogP contribution in [0.15, 0.2) is 10.6 Å². The lowest BCUT2D eigenvalue weighted by atomic mass is 10.1. The minimum absolute atomic E-state index is 0.122. The summed E-state index contributed by atoms with van der Waals surface area (Å²) in [5.41, 5.74) is 2.09. The van der Waals surface area contributed by atoms with E-state index in [0.717, 1.165) is 29.7 Å². The van der Waals surface area contributed by atoms with E-state index < -0.39 is 11.9 Å². The van der Waals surface area contributed by atoms with Gasteiger partial charge in [-0.3, -0.25) is 4.79 Å². The van der Waals surface area contributed by atoms with E-state index in [1.807, 2.05) is 0 Å². The standard InChI is InChI=1S/C14H14N2O4S/c1-7-6-9(20-16-7)12(17)15-13-11(14(18)19-2)8-4-3-5-10(8)21-13/h6H,3-5H2,1-2H3,(H,15,17). The maximum atomic E-state index is 12.1. The van der Waals surface area contributed by atoms with Crippen LogP contribution in [0.5, 0.6) is 0 Å². The van der Waals surface area contributed by atoms with Crippen LogP contribution in [-0.2, 0) is 17.6 Å². The maximum absolute atomic E-state index is 12.1. The number of aromatic nitrogens is 1. The molecule has 2 aromatic rings. The highest BCUT2D eigenvalue weighted by Gasteiger charge is 2.28. The monoisotopic (exact) mass is 306 g/mol. The maximum Gasteiger partial charge on any atom is 0.341 e. The first-order valence-corrected chi connectivity index (χ1v) is 7.39. The number of fused-ring (bicyclic) bond motifs is 1. The first-order valence-electron chi connectivity index (χ1n) is 6.57. The Hall–Kier alpha value is -2.15. The van der Waals surface area contributed by atoms with Crippen LogP contribution in [0.2, 0.25) is 0 Å². The van der Waals surface area contributed by atoms with Crippen molar-refractivity contribution in [1.82, 2.24) is 5.16 Å². The largest absolute Gasteiger partial charge is 0.465 e. The van der Waals surface area contributed by atoms with Crippen molar-refractivity contribution in [2.45, 2.75) is 26.2 Å². The predicted molar refractivity (Wildman–Crippen MR) is 76.9 cm³/mol. The highest BCUT2D eigenvalue weighted by atomic mass is 32.1. The topological polar surface area (TPSA) is 81.4 Å². The fraction of sp³-hybridized carbons (Fsp3) is 0.357. The van der Waals surface area contributed by atoms with Gasteiger partial charge in [-0.1, -0.05) is 5.16 Å². The van der Waals surface area contributed by atoms with Crippen LogP contribution in [0.4, 0.5) is 5.00 Å². The zero-order valence-electron chi connectivity index (χ0n) is 11.7. The van der Waals surface area contributed by atoms with Gasteiger partial charge in [0.25, 0.3) is 5.91 Å². The number of thiophene rings is 1. The molecule has 110 valence electrons. The highest BCUT2D eigenvalue weighted by molar-refractivity contribution is 7.17. The van der Waals surface area contributed by atoms with Crippen molar-refractivity contribution in [3.05, 3.63) is 33.5 Å². The summed E-state index contributed by atoms with van der Waals surface area (Å²) >= 11 is 1.43. The minimum atomic E-state index is -0.418. The second kappa shape index (κ2) is 5.33. The third-order valence-corrected chi connectivity index (χ3v) is 4.60. The van der Waals surface area contributed by atoms with Crippen LogP contribution < -0.4 is 5.32 Å². The number of hydrogen-bond acceptors (Lipinski definition) is 6. The molecule has 7 heteroatoms. The number of hydrogen-bond donors (Lipinski definition) is 1. The third kappa shape index (κ3) is 2.44. The zero-order chi connectivity index (χ0) is 15.0. The molecule has 3 rings (SSSR count). The molecule has 2 aromatic heterocycles. The number of nitrogens with zero attached hydrogens (tertiary/aromatic N) is 1. The van der Waals surface area contributed by atoms with E-state index >= 15 is 0 Å². The molecule has 1 aliphatic rings. The Labute approximate surface area is 125 Å². The molecule has 0 spiro atoms. The van der Waals surface area contributed by atoms with Crippen molar-refractivity contribution in [2.75, 3.05) is 12.4 Å². The van der Waals surface area contributed by atoms with Crippen LogP contribution in [-0.4, -0.2) is 24.1 Å². The van der Waals surface area contributed by atoms with Gasteiger partial charge in [-0.2, -0.15) is 0 Å². The Morgan fingerprint density at radius 2 is 2.24 bits per heavy atom. The summed E-state index contributed by atoms with van der Waals surface area (Å²) in [7, 11) is 1.34. The average Bonchev–Trinajstić information content (AvgIpc) is 3.13. The Kier molecular flexibility index (Phi) is 3.50. The number of carbonyl (C=O) groups excluding carboxylic acids is 2. The summed E-state index contributed by atoms with van der Waals surface area (Å²) in [4.78, 5) is 25.2. The number of nitrogens with one attached hydrogen (secondary N) is 1. The van der Waals surface area contributed by atoms with E-state index in [2.05, 4.69) is 10.5 Å². The zero-order valence-corrected chi connectivity index (χ0v) is 12.5. The quantitative estimate of drug-likeness (QED) is 0.881. The molecular formula is C14H14N2O4S. The average molecular weight is 306 g/mol. The van der Waals surface area contributed by atoms with Crippen molar-refractivity contribution in [2.24, 2.45) is 0 Å². The SMILES string of the molecule is COC(=O)c1c(NC(=O)c2cc(C)no2)sc2c1CCC2. The van der Waals surface area contributed by atoms with Crippen LogP contribution in [0, 0.1) is 6.92 Å². The molecule has 0 aliphatic heterocycles. The van der Waals surface area contributed by atoms with E-state index in [1.54, 1.807) is 13.0 Å². The number of anilines is 1. The van der Waals surface area contributed by atoms with Gasteiger partial charge in [-0.15, -0.1) is 11.3 Å². The molecule has 1 aliphatic carbocycles. The summed E-state index contributed by atoms with van der Waals surface area (Å²) in [5, 5.41) is 6.93. The molecule has 0 atom stereocenters. The molecule has 0 fully saturated rings. The van der Waals surface area contributed by atoms with Gasteiger partial charge in [-0.25, -0.2) is 4.79 Å². The van der Waals surface area contributed by atoms with E-state index in [1.165, 1.54) is 18.4 Å². The number of amides is 1. The summed E-state index contributed by atoms with van der Waals surface area (Å²) in [6.07, 6.45) is 2.80. The van der Waals surface area contributed by atoms with Gasteiger partial charge in [0.1, 0.15) is 5.00 Å². The van der Waals surface area contributed by atoms with Crippen LogP contribution in [0.3, 0.4) is 0 Å². The van der Waals surface area contributed by atoms with E-state index in [9.17, 15) is 9.59 Å². The highest BCUT2D eigenvalue weighted by Crippen LogP contribution is 2.39. The van der Waals surface area contributed by atoms with Gasteiger partial charge in [0, 0.05) is 10.9 Å². The Morgan fingerprint density at radius 3 is 2.90 bits per heavy atom. The number of ether oxygens (including phenoxy) is 1. The third-order valence-electron chi connectivity index (χ3n) is 3.39. The van der Waals surface area contributed by atoms with Gasteiger partial charge in [0.15, 0.2) is 0 Å². The van der Waals surface area contributed by atoms with Crippen LogP contribution in [0.25, 0.3) is 0 Å². The van der Waals surface area contributed by atoms with E-state index in [4.69, 9.17) is 9.26 Å². The fourth-order valence-corrected chi connectivity index (χ4v) is 3.72. The lowest BCUT2D eigenvalue weighted by Gasteiger charge is -2.05. The van der Waals surface area contributed by atoms with Gasteiger partial charge < -0.3 is 14.6 Å². The molecule has 1 amide bonds. The normalized spacial score (nSPS) is 13.0. The van der Waals surface area contributed by atoms with Gasteiger partial charge in [0.05, 0.1) is 18.4 Å². The first kappa shape index (κ1) is 13.8. The first-order chi connectivity index (χ1) is 10.1. The molecule has 6 nitrogen and oxygen atoms in total. The molecule has 21 heavy (non-hydrogen) atoms. The molecule has 0 radical (unpaired) electrons. The summed E-state index contributed by atoms with van der Waals surface area (Å²) in [5.74, 6) is -0.712. The molecule has 0 saturated carbocycles. The fourth-order valence-electron chi connectivity index (χ4n) is 2.45. The van der Waals surface area contributed by atoms with Crippen molar-refractivity contribution < 1.29 is 18.8 Å². The minimum Gasteiger partial charge on any atom is -0.465 e. The second-order valence-electron chi connectivity index (χ2n) is 4.84. The number of rotatable bonds is 3. The molecule has 2 heterocycles. The van der Waals surface area contributed by atoms with E-state index in [0.29, 0.717) is 16.3 Å². The van der Waals surface area contributed by atoms with Crippen molar-refractivity contribution in [3.8, 4) is 0 Å². The molecule has 0 bridgehead atoms. The number of esters is 1. The summed E-state index contributed by atoms with van der Waals surface area (Å²) in [6, 6.07) is 1.55. The molecular weight excluding hydrogens is 292 g/mol. The van der Waals surface area contributed by atoms with Crippen molar-refractivity contribution in [1.29, 1.82) is 0 Å². The summed E-state index contributed by atoms with van der Waals surface area (Å²) in [6.45, 7) is 1.74.